The molecule has 9 rings (SSSR count). The predicted molar refractivity (Wildman–Crippen MR) is 224 cm³/mol. The minimum atomic E-state index is -0.377. The van der Waals surface area contributed by atoms with Gasteiger partial charge in [-0.25, -0.2) is 9.59 Å². The van der Waals surface area contributed by atoms with E-state index in [1.807, 2.05) is 129 Å². The number of ether oxygens (including phenoxy) is 3. The lowest BCUT2D eigenvalue weighted by molar-refractivity contribution is 0.0518. The molecule has 0 radical (unpaired) electrons. The monoisotopic (exact) mass is 731 g/mol. The Morgan fingerprint density at radius 2 is 0.929 bits per heavy atom. The van der Waals surface area contributed by atoms with Crippen LogP contribution >= 0.6 is 0 Å². The number of esters is 2. The third kappa shape index (κ3) is 6.11. The molecule has 0 saturated carbocycles. The summed E-state index contributed by atoms with van der Waals surface area (Å²) in [5.74, 6) is 0.573. The highest BCUT2D eigenvalue weighted by molar-refractivity contribution is 6.10. The van der Waals surface area contributed by atoms with Crippen molar-refractivity contribution in [3.8, 4) is 44.9 Å². The second-order valence-corrected chi connectivity index (χ2v) is 13.6. The van der Waals surface area contributed by atoms with Crippen LogP contribution in [0.4, 0.5) is 17.1 Å². The van der Waals surface area contributed by atoms with Crippen molar-refractivity contribution in [2.75, 3.05) is 18.1 Å². The molecule has 0 aliphatic carbocycles. The molecule has 8 aromatic rings. The van der Waals surface area contributed by atoms with E-state index in [0.29, 0.717) is 22.6 Å². The van der Waals surface area contributed by atoms with E-state index in [2.05, 4.69) is 53.4 Å². The quantitative estimate of drug-likeness (QED) is 0.145. The van der Waals surface area contributed by atoms with Crippen LogP contribution in [0.5, 0.6) is 11.5 Å². The van der Waals surface area contributed by atoms with Gasteiger partial charge < -0.3 is 19.1 Å². The number of benzene rings is 8. The molecular formula is C50H37NO5. The first-order valence-electron chi connectivity index (χ1n) is 18.8. The van der Waals surface area contributed by atoms with Crippen molar-refractivity contribution in [2.45, 2.75) is 13.8 Å². The smallest absolute Gasteiger partial charge is 0.338 e. The number of anilines is 3. The molecule has 0 amide bonds. The van der Waals surface area contributed by atoms with E-state index in [4.69, 9.17) is 14.2 Å². The van der Waals surface area contributed by atoms with E-state index in [1.165, 1.54) is 0 Å². The Morgan fingerprint density at radius 1 is 0.482 bits per heavy atom. The van der Waals surface area contributed by atoms with Crippen LogP contribution < -0.4 is 9.64 Å². The number of hydrogen-bond acceptors (Lipinski definition) is 6. The molecule has 272 valence electrons. The van der Waals surface area contributed by atoms with Crippen LogP contribution in [-0.2, 0) is 9.47 Å². The molecule has 0 aromatic heterocycles. The molecule has 6 heteroatoms. The second-order valence-electron chi connectivity index (χ2n) is 13.6. The Hall–Kier alpha value is -7.18. The van der Waals surface area contributed by atoms with Gasteiger partial charge in [-0.2, -0.15) is 0 Å². The molecule has 6 nitrogen and oxygen atoms in total. The van der Waals surface area contributed by atoms with Crippen molar-refractivity contribution in [1.82, 2.24) is 0 Å². The van der Waals surface area contributed by atoms with E-state index in [0.717, 1.165) is 72.0 Å². The molecule has 0 bridgehead atoms. The summed E-state index contributed by atoms with van der Waals surface area (Å²) >= 11 is 0. The molecular weight excluding hydrogens is 695 g/mol. The first-order chi connectivity index (χ1) is 27.5. The molecule has 56 heavy (non-hydrogen) atoms. The molecule has 1 aliphatic rings. The molecule has 1 aliphatic heterocycles. The van der Waals surface area contributed by atoms with Crippen molar-refractivity contribution in [2.24, 2.45) is 0 Å². The summed E-state index contributed by atoms with van der Waals surface area (Å²) < 4.78 is 17.8. The number of carbonyl (C=O) groups is 2. The van der Waals surface area contributed by atoms with E-state index in [1.54, 1.807) is 0 Å². The van der Waals surface area contributed by atoms with Crippen molar-refractivity contribution < 1.29 is 23.8 Å². The molecule has 0 spiro atoms. The maximum atomic E-state index is 13.5. The van der Waals surface area contributed by atoms with Crippen LogP contribution in [-0.4, -0.2) is 25.2 Å². The molecule has 8 aromatic carbocycles. The summed E-state index contributed by atoms with van der Waals surface area (Å²) in [6, 6.07) is 54.6. The first-order valence-corrected chi connectivity index (χ1v) is 18.8. The van der Waals surface area contributed by atoms with Gasteiger partial charge in [0.15, 0.2) is 11.5 Å². The largest absolute Gasteiger partial charge is 0.462 e. The average molecular weight is 732 g/mol. The van der Waals surface area contributed by atoms with Gasteiger partial charge in [0.25, 0.3) is 0 Å². The van der Waals surface area contributed by atoms with E-state index < -0.39 is 0 Å². The second kappa shape index (κ2) is 14.6. The van der Waals surface area contributed by atoms with E-state index >= 15 is 0 Å². The van der Waals surface area contributed by atoms with Gasteiger partial charge in [0.1, 0.15) is 0 Å². The van der Waals surface area contributed by atoms with Crippen LogP contribution in [0.3, 0.4) is 0 Å². The molecule has 0 saturated heterocycles. The van der Waals surface area contributed by atoms with Crippen molar-refractivity contribution in [3.05, 3.63) is 175 Å². The number of hydrogen-bond donors (Lipinski definition) is 0. The number of rotatable bonds is 8. The van der Waals surface area contributed by atoms with E-state index in [9.17, 15) is 9.59 Å². The Labute approximate surface area is 325 Å². The maximum Gasteiger partial charge on any atom is 0.338 e. The topological polar surface area (TPSA) is 65.1 Å². The minimum absolute atomic E-state index is 0.267. The number of nitrogens with zero attached hydrogens (tertiary/aromatic N) is 1. The van der Waals surface area contributed by atoms with Crippen LogP contribution in [0.15, 0.2) is 164 Å². The lowest BCUT2D eigenvalue weighted by atomic mass is 9.91. The van der Waals surface area contributed by atoms with Crippen LogP contribution in [0, 0.1) is 0 Å². The summed E-state index contributed by atoms with van der Waals surface area (Å²) in [5, 5.41) is 3.91. The molecule has 0 unspecified atom stereocenters. The average Bonchev–Trinajstić information content (AvgIpc) is 3.25. The zero-order valence-electron chi connectivity index (χ0n) is 31.0. The van der Waals surface area contributed by atoms with Crippen molar-refractivity contribution in [1.29, 1.82) is 0 Å². The predicted octanol–water partition coefficient (Wildman–Crippen LogP) is 12.9. The normalized spacial score (nSPS) is 11.8. The number of carbonyl (C=O) groups excluding carboxylic acids is 2. The van der Waals surface area contributed by atoms with Gasteiger partial charge in [-0.1, -0.05) is 115 Å². The van der Waals surface area contributed by atoms with Gasteiger partial charge in [-0.05, 0) is 106 Å². The Balaban J connectivity index is 1.27. The van der Waals surface area contributed by atoms with Crippen LogP contribution in [0.25, 0.3) is 54.9 Å². The van der Waals surface area contributed by atoms with E-state index in [-0.39, 0.29) is 25.2 Å². The lowest BCUT2D eigenvalue weighted by Gasteiger charge is -2.34. The highest BCUT2D eigenvalue weighted by Crippen LogP contribution is 2.53. The summed E-state index contributed by atoms with van der Waals surface area (Å²) in [4.78, 5) is 29.1. The van der Waals surface area contributed by atoms with Gasteiger partial charge in [-0.3, -0.25) is 0 Å². The van der Waals surface area contributed by atoms with Gasteiger partial charge >= 0.3 is 11.9 Å². The van der Waals surface area contributed by atoms with Gasteiger partial charge in [0, 0.05) is 16.8 Å². The summed E-state index contributed by atoms with van der Waals surface area (Å²) in [6.07, 6.45) is 0. The SMILES string of the molecule is CCOC(=O)c1ccc2ccccc2c1-c1ccc2c(c1)N(c1ccc(-c3ccccc3)cc1)c1cc(-c3c(C(=O)OCC)ccc4ccccc34)ccc1O2. The fourth-order valence-electron chi connectivity index (χ4n) is 7.75. The van der Waals surface area contributed by atoms with Crippen LogP contribution in [0.1, 0.15) is 34.6 Å². The zero-order chi connectivity index (χ0) is 38.2. The maximum absolute atomic E-state index is 13.5. The summed E-state index contributed by atoms with van der Waals surface area (Å²) in [6.45, 7) is 4.16. The molecule has 1 heterocycles. The lowest BCUT2D eigenvalue weighted by Crippen LogP contribution is -2.16. The fourth-order valence-corrected chi connectivity index (χ4v) is 7.75. The third-order valence-electron chi connectivity index (χ3n) is 10.3. The van der Waals surface area contributed by atoms with Gasteiger partial charge in [0.05, 0.1) is 35.7 Å². The van der Waals surface area contributed by atoms with Crippen molar-refractivity contribution in [3.63, 3.8) is 0 Å². The Kier molecular flexibility index (Phi) is 9.00. The Morgan fingerprint density at radius 3 is 1.43 bits per heavy atom. The summed E-state index contributed by atoms with van der Waals surface area (Å²) in [7, 11) is 0. The Bertz CT molecular complexity index is 2640. The molecule has 0 fully saturated rings. The molecule has 0 N–H and O–H groups in total. The summed E-state index contributed by atoms with van der Waals surface area (Å²) in [5.41, 5.74) is 8.97. The highest BCUT2D eigenvalue weighted by Gasteiger charge is 2.29. The minimum Gasteiger partial charge on any atom is -0.462 e. The highest BCUT2D eigenvalue weighted by atomic mass is 16.5. The third-order valence-corrected chi connectivity index (χ3v) is 10.3. The first kappa shape index (κ1) is 34.6. The van der Waals surface area contributed by atoms with Crippen LogP contribution in [0.2, 0.25) is 0 Å². The zero-order valence-corrected chi connectivity index (χ0v) is 31.0. The number of fused-ring (bicyclic) bond motifs is 4. The molecule has 0 atom stereocenters. The van der Waals surface area contributed by atoms with Gasteiger partial charge in [-0.15, -0.1) is 0 Å². The fraction of sp³-hybridized carbons (Fsp3) is 0.0800. The standard InChI is InChI=1S/C50H37NO5/c1-3-54-49(52)41-26-20-34-14-8-10-16-39(34)47(41)36-22-28-45-43(30-36)51(38-24-18-33(19-25-38)32-12-6-5-7-13-32)44-31-37(23-29-46(44)56-45)48-40-17-11-9-15-35(40)21-27-42(48)50(53)55-4-2/h5-31H,3-4H2,1-2H3. The van der Waals surface area contributed by atoms with Gasteiger partial charge in [0.2, 0.25) is 0 Å². The van der Waals surface area contributed by atoms with Crippen molar-refractivity contribution >= 4 is 50.5 Å².